The summed E-state index contributed by atoms with van der Waals surface area (Å²) in [5.74, 6) is 2.84. The Labute approximate surface area is 167 Å². The lowest BCUT2D eigenvalue weighted by Crippen LogP contribution is -2.12. The lowest BCUT2D eigenvalue weighted by molar-refractivity contribution is 0.102. The molecule has 148 valence electrons. The number of hydrogen-bond donors (Lipinski definition) is 2. The largest absolute Gasteiger partial charge is 0.493 e. The van der Waals surface area contributed by atoms with Crippen LogP contribution in [0.25, 0.3) is 0 Å². The molecule has 3 aromatic rings. The topological polar surface area (TPSA) is 90.9 Å². The van der Waals surface area contributed by atoms with Crippen LogP contribution in [0, 0.1) is 0 Å². The molecule has 1 amide bonds. The molecule has 0 unspecified atom stereocenters. The maximum atomic E-state index is 12.5. The van der Waals surface area contributed by atoms with Gasteiger partial charge in [0.05, 0.1) is 19.8 Å². The van der Waals surface area contributed by atoms with Crippen LogP contribution in [0.1, 0.15) is 10.4 Å². The van der Waals surface area contributed by atoms with E-state index in [1.807, 2.05) is 6.07 Å². The summed E-state index contributed by atoms with van der Waals surface area (Å²) in [5, 5.41) is 5.98. The number of ether oxygens (including phenoxy) is 4. The number of nitrogens with one attached hydrogen (secondary N) is 2. The van der Waals surface area contributed by atoms with Gasteiger partial charge in [-0.15, -0.1) is 0 Å². The molecule has 0 radical (unpaired) electrons. The molecular formula is C21H19N3O5. The average molecular weight is 393 g/mol. The second kappa shape index (κ2) is 7.97. The molecule has 0 saturated carbocycles. The molecule has 2 N–H and O–H groups in total. The van der Waals surface area contributed by atoms with Crippen molar-refractivity contribution in [3.05, 3.63) is 60.3 Å². The van der Waals surface area contributed by atoms with Crippen molar-refractivity contribution in [1.82, 2.24) is 4.98 Å². The number of methoxy groups -OCH3 is 2. The maximum absolute atomic E-state index is 12.5. The van der Waals surface area contributed by atoms with E-state index >= 15 is 0 Å². The van der Waals surface area contributed by atoms with Gasteiger partial charge in [0.15, 0.2) is 23.0 Å². The minimum absolute atomic E-state index is 0.186. The van der Waals surface area contributed by atoms with Crippen molar-refractivity contribution >= 4 is 23.1 Å². The summed E-state index contributed by atoms with van der Waals surface area (Å²) < 4.78 is 21.1. The van der Waals surface area contributed by atoms with Crippen molar-refractivity contribution < 1.29 is 23.7 Å². The number of amides is 1. The van der Waals surface area contributed by atoms with Gasteiger partial charge in [0.25, 0.3) is 5.91 Å². The van der Waals surface area contributed by atoms with Crippen LogP contribution in [-0.4, -0.2) is 31.9 Å². The number of fused-ring (bicyclic) bond motifs is 1. The van der Waals surface area contributed by atoms with Crippen LogP contribution in [0.2, 0.25) is 0 Å². The molecule has 8 heteroatoms. The molecule has 0 spiro atoms. The lowest BCUT2D eigenvalue weighted by atomic mass is 10.2. The van der Waals surface area contributed by atoms with Crippen molar-refractivity contribution in [3.8, 4) is 23.0 Å². The summed E-state index contributed by atoms with van der Waals surface area (Å²) in [6, 6.07) is 14.1. The molecule has 2 heterocycles. The lowest BCUT2D eigenvalue weighted by Gasteiger charge is -2.11. The maximum Gasteiger partial charge on any atom is 0.257 e. The molecule has 0 fully saturated rings. The van der Waals surface area contributed by atoms with Gasteiger partial charge in [-0.25, -0.2) is 4.98 Å². The van der Waals surface area contributed by atoms with Gasteiger partial charge in [0, 0.05) is 29.7 Å². The van der Waals surface area contributed by atoms with Gasteiger partial charge in [0.1, 0.15) is 5.82 Å². The number of pyridine rings is 1. The summed E-state index contributed by atoms with van der Waals surface area (Å²) in [4.78, 5) is 16.8. The van der Waals surface area contributed by atoms with E-state index in [1.54, 1.807) is 56.7 Å². The van der Waals surface area contributed by atoms with Crippen LogP contribution < -0.4 is 29.6 Å². The minimum Gasteiger partial charge on any atom is -0.493 e. The van der Waals surface area contributed by atoms with E-state index in [2.05, 4.69) is 15.6 Å². The van der Waals surface area contributed by atoms with E-state index in [9.17, 15) is 4.79 Å². The zero-order chi connectivity index (χ0) is 20.2. The fraction of sp³-hybridized carbons (Fsp3) is 0.143. The second-order valence-corrected chi connectivity index (χ2v) is 6.15. The first kappa shape index (κ1) is 18.4. The molecule has 29 heavy (non-hydrogen) atoms. The normalized spacial score (nSPS) is 11.7. The van der Waals surface area contributed by atoms with E-state index in [4.69, 9.17) is 18.9 Å². The average Bonchev–Trinajstić information content (AvgIpc) is 3.22. The van der Waals surface area contributed by atoms with Crippen LogP contribution in [0.4, 0.5) is 17.2 Å². The summed E-state index contributed by atoms with van der Waals surface area (Å²) in [5.41, 5.74) is 1.83. The van der Waals surface area contributed by atoms with Crippen LogP contribution in [0.3, 0.4) is 0 Å². The third-order valence-electron chi connectivity index (χ3n) is 4.31. The van der Waals surface area contributed by atoms with Crippen LogP contribution in [-0.2, 0) is 0 Å². The Morgan fingerprint density at radius 2 is 1.72 bits per heavy atom. The Balaban J connectivity index is 1.43. The van der Waals surface area contributed by atoms with Crippen LogP contribution in [0.5, 0.6) is 23.0 Å². The Morgan fingerprint density at radius 1 is 0.931 bits per heavy atom. The van der Waals surface area contributed by atoms with Crippen molar-refractivity contribution in [3.63, 3.8) is 0 Å². The highest BCUT2D eigenvalue weighted by atomic mass is 16.7. The Bertz CT molecular complexity index is 1040. The highest BCUT2D eigenvalue weighted by Crippen LogP contribution is 2.34. The van der Waals surface area contributed by atoms with Gasteiger partial charge in [0.2, 0.25) is 6.79 Å². The van der Waals surface area contributed by atoms with E-state index in [-0.39, 0.29) is 12.7 Å². The fourth-order valence-corrected chi connectivity index (χ4v) is 2.84. The van der Waals surface area contributed by atoms with Crippen molar-refractivity contribution in [2.45, 2.75) is 0 Å². The first-order chi connectivity index (χ1) is 14.2. The van der Waals surface area contributed by atoms with E-state index < -0.39 is 0 Å². The summed E-state index contributed by atoms with van der Waals surface area (Å²) in [6.45, 7) is 0.186. The highest BCUT2D eigenvalue weighted by Gasteiger charge is 2.15. The summed E-state index contributed by atoms with van der Waals surface area (Å²) in [7, 11) is 3.16. The number of carbonyl (C=O) groups excluding carboxylic acids is 1. The number of hydrogen-bond acceptors (Lipinski definition) is 7. The van der Waals surface area contributed by atoms with Crippen LogP contribution >= 0.6 is 0 Å². The van der Waals surface area contributed by atoms with E-state index in [0.29, 0.717) is 40.1 Å². The Hall–Kier alpha value is -3.94. The molecule has 1 aromatic heterocycles. The number of benzene rings is 2. The van der Waals surface area contributed by atoms with E-state index in [1.165, 1.54) is 6.20 Å². The van der Waals surface area contributed by atoms with Gasteiger partial charge in [-0.2, -0.15) is 0 Å². The van der Waals surface area contributed by atoms with Crippen molar-refractivity contribution in [1.29, 1.82) is 0 Å². The number of aromatic nitrogens is 1. The van der Waals surface area contributed by atoms with Gasteiger partial charge in [-0.3, -0.25) is 4.79 Å². The molecule has 1 aliphatic rings. The zero-order valence-electron chi connectivity index (χ0n) is 15.9. The molecule has 4 rings (SSSR count). The van der Waals surface area contributed by atoms with Crippen molar-refractivity contribution in [2.24, 2.45) is 0 Å². The molecule has 0 aliphatic carbocycles. The number of anilines is 3. The molecule has 1 aliphatic heterocycles. The molecule has 0 saturated heterocycles. The molecule has 0 bridgehead atoms. The minimum atomic E-state index is -0.269. The standard InChI is InChI=1S/C21H19N3O5/c1-26-16-6-4-14(9-18(16)27-2)23-20-8-3-13(11-22-20)21(25)24-15-5-7-17-19(10-15)29-12-28-17/h3-11H,12H2,1-2H3,(H,22,23)(H,24,25). The molecule has 2 aromatic carbocycles. The molecule has 8 nitrogen and oxygen atoms in total. The number of carbonyl (C=O) groups is 1. The highest BCUT2D eigenvalue weighted by molar-refractivity contribution is 6.04. The second-order valence-electron chi connectivity index (χ2n) is 6.15. The van der Waals surface area contributed by atoms with Gasteiger partial charge < -0.3 is 29.6 Å². The SMILES string of the molecule is COc1ccc(Nc2ccc(C(=O)Nc3ccc4c(c3)OCO4)cn2)cc1OC. The third-order valence-corrected chi connectivity index (χ3v) is 4.31. The zero-order valence-corrected chi connectivity index (χ0v) is 15.9. The van der Waals surface area contributed by atoms with Gasteiger partial charge in [-0.1, -0.05) is 0 Å². The number of nitrogens with zero attached hydrogens (tertiary/aromatic N) is 1. The quantitative estimate of drug-likeness (QED) is 0.658. The predicted molar refractivity (Wildman–Crippen MR) is 108 cm³/mol. The monoisotopic (exact) mass is 393 g/mol. The smallest absolute Gasteiger partial charge is 0.257 e. The Morgan fingerprint density at radius 3 is 2.48 bits per heavy atom. The molecule has 0 atom stereocenters. The van der Waals surface area contributed by atoms with Gasteiger partial charge >= 0.3 is 0 Å². The van der Waals surface area contributed by atoms with Crippen molar-refractivity contribution in [2.75, 3.05) is 31.6 Å². The summed E-state index contributed by atoms with van der Waals surface area (Å²) in [6.07, 6.45) is 1.51. The number of rotatable bonds is 6. The first-order valence-corrected chi connectivity index (χ1v) is 8.82. The first-order valence-electron chi connectivity index (χ1n) is 8.82. The Kier molecular flexibility index (Phi) is 5.07. The van der Waals surface area contributed by atoms with E-state index in [0.717, 1.165) is 5.69 Å². The predicted octanol–water partition coefficient (Wildman–Crippen LogP) is 3.82. The molecular weight excluding hydrogens is 374 g/mol. The third kappa shape index (κ3) is 4.01. The van der Waals surface area contributed by atoms with Crippen LogP contribution in [0.15, 0.2) is 54.7 Å². The van der Waals surface area contributed by atoms with Gasteiger partial charge in [-0.05, 0) is 36.4 Å². The fourth-order valence-electron chi connectivity index (χ4n) is 2.84. The summed E-state index contributed by atoms with van der Waals surface area (Å²) >= 11 is 0.